The molecule has 2 saturated carbocycles. The van der Waals surface area contributed by atoms with Crippen molar-refractivity contribution in [1.29, 1.82) is 5.26 Å². The smallest absolute Gasteiger partial charge is 0.101 e. The van der Waals surface area contributed by atoms with Crippen molar-refractivity contribution in [2.24, 2.45) is 22.5 Å². The molecule has 1 unspecified atom stereocenters. The lowest BCUT2D eigenvalue weighted by molar-refractivity contribution is -0.0786. The van der Waals surface area contributed by atoms with Gasteiger partial charge in [0.2, 0.25) is 0 Å². The molecule has 2 N–H and O–H groups in total. The Bertz CT molecular complexity index is 974. The molecule has 0 amide bonds. The van der Waals surface area contributed by atoms with Crippen LogP contribution in [0.5, 0.6) is 0 Å². The van der Waals surface area contributed by atoms with E-state index in [2.05, 4.69) is 33.0 Å². The fraction of sp³-hybridized carbons (Fsp3) is 0.565. The number of nitrogens with zero attached hydrogens (tertiary/aromatic N) is 4. The summed E-state index contributed by atoms with van der Waals surface area (Å²) in [6.45, 7) is 6.03. The van der Waals surface area contributed by atoms with Crippen molar-refractivity contribution in [1.82, 2.24) is 9.88 Å². The van der Waals surface area contributed by atoms with Crippen LogP contribution in [-0.2, 0) is 0 Å². The van der Waals surface area contributed by atoms with Gasteiger partial charge in [0, 0.05) is 56.0 Å². The van der Waals surface area contributed by atoms with Gasteiger partial charge in [0.05, 0.1) is 11.1 Å². The summed E-state index contributed by atoms with van der Waals surface area (Å²) in [4.78, 5) is 9.74. The second-order valence-corrected chi connectivity index (χ2v) is 9.92. The molecule has 2 aliphatic heterocycles. The summed E-state index contributed by atoms with van der Waals surface area (Å²) in [5.74, 6) is 0.751. The molecule has 2 aliphatic carbocycles. The van der Waals surface area contributed by atoms with Gasteiger partial charge in [-0.05, 0) is 66.7 Å². The van der Waals surface area contributed by atoms with Gasteiger partial charge in [0.15, 0.2) is 0 Å². The van der Waals surface area contributed by atoms with Crippen molar-refractivity contribution in [2.75, 3.05) is 37.6 Å². The Kier molecular flexibility index (Phi) is 3.40. The summed E-state index contributed by atoms with van der Waals surface area (Å²) < 4.78 is 0. The van der Waals surface area contributed by atoms with Gasteiger partial charge in [-0.25, -0.2) is 0 Å². The molecule has 1 aromatic carbocycles. The van der Waals surface area contributed by atoms with E-state index >= 15 is 0 Å². The first-order valence-electron chi connectivity index (χ1n) is 10.6. The van der Waals surface area contributed by atoms with Gasteiger partial charge in [-0.1, -0.05) is 0 Å². The maximum Gasteiger partial charge on any atom is 0.101 e. The maximum atomic E-state index is 9.43. The lowest BCUT2D eigenvalue weighted by Crippen LogP contribution is -2.66. The largest absolute Gasteiger partial charge is 0.370 e. The fourth-order valence-corrected chi connectivity index (χ4v) is 6.37. The number of rotatable bonds is 3. The van der Waals surface area contributed by atoms with Crippen LogP contribution in [0.3, 0.4) is 0 Å². The Labute approximate surface area is 166 Å². The SMILES string of the molecule is N#Cc1ccc(N2CC(CN3CC4(CC(N)C4)C3)C3(CC3)C2)c2cccnc12. The highest BCUT2D eigenvalue weighted by Crippen LogP contribution is 2.58. The maximum absolute atomic E-state index is 9.43. The van der Waals surface area contributed by atoms with Crippen LogP contribution in [0, 0.1) is 28.1 Å². The molecule has 5 heteroatoms. The van der Waals surface area contributed by atoms with E-state index in [-0.39, 0.29) is 0 Å². The third-order valence-corrected chi connectivity index (χ3v) is 7.90. The quantitative estimate of drug-likeness (QED) is 0.896. The first-order chi connectivity index (χ1) is 13.6. The van der Waals surface area contributed by atoms with Gasteiger partial charge in [0.1, 0.15) is 6.07 Å². The average Bonchev–Trinajstić information content (AvgIpc) is 3.34. The number of fused-ring (bicyclic) bond motifs is 1. The fourth-order valence-electron chi connectivity index (χ4n) is 6.37. The van der Waals surface area contributed by atoms with E-state index in [0.717, 1.165) is 29.9 Å². The molecule has 4 aliphatic rings. The molecular weight excluding hydrogens is 346 g/mol. The van der Waals surface area contributed by atoms with E-state index in [9.17, 15) is 5.26 Å². The van der Waals surface area contributed by atoms with Crippen molar-refractivity contribution in [3.63, 3.8) is 0 Å². The Balaban J connectivity index is 1.22. The van der Waals surface area contributed by atoms with Crippen molar-refractivity contribution < 1.29 is 0 Å². The Morgan fingerprint density at radius 2 is 2.00 bits per heavy atom. The number of nitrogens with two attached hydrogens (primary N) is 1. The number of hydrogen-bond acceptors (Lipinski definition) is 5. The van der Waals surface area contributed by atoms with Crippen LogP contribution in [-0.4, -0.2) is 48.6 Å². The van der Waals surface area contributed by atoms with Crippen LogP contribution < -0.4 is 10.6 Å². The molecule has 4 fully saturated rings. The molecule has 28 heavy (non-hydrogen) atoms. The molecule has 5 nitrogen and oxygen atoms in total. The number of hydrogen-bond donors (Lipinski definition) is 1. The number of anilines is 1. The third-order valence-electron chi connectivity index (χ3n) is 7.90. The average molecular weight is 374 g/mol. The Hall–Kier alpha value is -2.16. The second kappa shape index (κ2) is 5.68. The highest BCUT2D eigenvalue weighted by atomic mass is 15.3. The van der Waals surface area contributed by atoms with Gasteiger partial charge < -0.3 is 15.5 Å². The van der Waals surface area contributed by atoms with Crippen molar-refractivity contribution in [2.45, 2.75) is 31.7 Å². The van der Waals surface area contributed by atoms with Crippen LogP contribution in [0.1, 0.15) is 31.2 Å². The molecule has 144 valence electrons. The van der Waals surface area contributed by atoms with Gasteiger partial charge >= 0.3 is 0 Å². The number of nitriles is 1. The molecule has 6 rings (SSSR count). The topological polar surface area (TPSA) is 69.2 Å². The summed E-state index contributed by atoms with van der Waals surface area (Å²) in [6.07, 6.45) is 6.98. The van der Waals surface area contributed by atoms with E-state index in [0.29, 0.717) is 22.4 Å². The second-order valence-electron chi connectivity index (χ2n) is 9.92. The lowest BCUT2D eigenvalue weighted by Gasteiger charge is -2.59. The van der Waals surface area contributed by atoms with Gasteiger partial charge in [-0.15, -0.1) is 0 Å². The molecule has 1 atom stereocenters. The summed E-state index contributed by atoms with van der Waals surface area (Å²) in [5, 5.41) is 10.5. The van der Waals surface area contributed by atoms with Crippen molar-refractivity contribution in [3.05, 3.63) is 36.0 Å². The minimum atomic E-state index is 0.456. The number of likely N-dealkylation sites (tertiary alicyclic amines) is 1. The van der Waals surface area contributed by atoms with E-state index in [4.69, 9.17) is 5.73 Å². The highest BCUT2D eigenvalue weighted by Gasteiger charge is 2.57. The minimum Gasteiger partial charge on any atom is -0.370 e. The van der Waals surface area contributed by atoms with Gasteiger partial charge in [-0.3, -0.25) is 4.98 Å². The lowest BCUT2D eigenvalue weighted by atomic mass is 9.61. The highest BCUT2D eigenvalue weighted by molar-refractivity contribution is 5.95. The predicted molar refractivity (Wildman–Crippen MR) is 110 cm³/mol. The van der Waals surface area contributed by atoms with E-state index < -0.39 is 0 Å². The zero-order chi connectivity index (χ0) is 18.9. The third kappa shape index (κ3) is 2.41. The zero-order valence-corrected chi connectivity index (χ0v) is 16.3. The van der Waals surface area contributed by atoms with E-state index in [1.807, 2.05) is 12.1 Å². The molecule has 3 heterocycles. The molecule has 2 aromatic rings. The Morgan fingerprint density at radius 3 is 2.71 bits per heavy atom. The summed E-state index contributed by atoms with van der Waals surface area (Å²) in [7, 11) is 0. The summed E-state index contributed by atoms with van der Waals surface area (Å²) >= 11 is 0. The first-order valence-corrected chi connectivity index (χ1v) is 10.6. The molecule has 0 bridgehead atoms. The molecule has 1 aromatic heterocycles. The van der Waals surface area contributed by atoms with Gasteiger partial charge in [0.25, 0.3) is 0 Å². The predicted octanol–water partition coefficient (Wildman–Crippen LogP) is 2.75. The number of benzene rings is 1. The summed E-state index contributed by atoms with van der Waals surface area (Å²) in [5.41, 5.74) is 9.87. The minimum absolute atomic E-state index is 0.456. The number of pyridine rings is 1. The molecule has 2 spiro atoms. The van der Waals surface area contributed by atoms with Crippen molar-refractivity contribution in [3.8, 4) is 6.07 Å². The number of aromatic nitrogens is 1. The molecule has 0 radical (unpaired) electrons. The monoisotopic (exact) mass is 373 g/mol. The first kappa shape index (κ1) is 16.8. The van der Waals surface area contributed by atoms with Crippen LogP contribution in [0.2, 0.25) is 0 Å². The standard InChI is InChI=1S/C23H27N5/c24-10-16-3-4-20(19-2-1-7-26-21(16)19)28-12-17(23(15-28)5-6-23)11-27-13-22(14-27)8-18(25)9-22/h1-4,7,17-18H,5-6,8-9,11-15,25H2. The molecule has 2 saturated heterocycles. The van der Waals surface area contributed by atoms with Crippen molar-refractivity contribution >= 4 is 16.6 Å². The van der Waals surface area contributed by atoms with Gasteiger partial charge in [-0.2, -0.15) is 5.26 Å². The van der Waals surface area contributed by atoms with E-state index in [1.54, 1.807) is 6.20 Å². The van der Waals surface area contributed by atoms with Crippen LogP contribution >= 0.6 is 0 Å². The normalized spacial score (nSPS) is 27.7. The van der Waals surface area contributed by atoms with Crippen LogP contribution in [0.15, 0.2) is 30.5 Å². The molecular formula is C23H27N5. The Morgan fingerprint density at radius 1 is 1.18 bits per heavy atom. The summed E-state index contributed by atoms with van der Waals surface area (Å²) in [6, 6.07) is 10.9. The van der Waals surface area contributed by atoms with E-state index in [1.165, 1.54) is 51.0 Å². The van der Waals surface area contributed by atoms with Crippen LogP contribution in [0.4, 0.5) is 5.69 Å². The zero-order valence-electron chi connectivity index (χ0n) is 16.3. The van der Waals surface area contributed by atoms with Crippen LogP contribution in [0.25, 0.3) is 10.9 Å².